The minimum atomic E-state index is 0.782. The minimum absolute atomic E-state index is 0.782. The van der Waals surface area contributed by atoms with Crippen molar-refractivity contribution in [3.63, 3.8) is 0 Å². The highest BCUT2D eigenvalue weighted by molar-refractivity contribution is 6.46. The predicted molar refractivity (Wildman–Crippen MR) is 56.2 cm³/mol. The van der Waals surface area contributed by atoms with Crippen molar-refractivity contribution < 1.29 is 0 Å². The highest BCUT2D eigenvalue weighted by Crippen LogP contribution is 2.20. The lowest BCUT2D eigenvalue weighted by Crippen LogP contribution is -2.04. The Morgan fingerprint density at radius 3 is 2.75 bits per heavy atom. The SMILES string of the molecule is CC=C(C)c1cccc([Si])c1Cl. The number of rotatable bonds is 1. The lowest BCUT2D eigenvalue weighted by molar-refractivity contribution is 1.56. The molecule has 1 aromatic rings. The minimum Gasteiger partial charge on any atom is -0.0841 e. The first-order chi connectivity index (χ1) is 5.66. The van der Waals surface area contributed by atoms with Gasteiger partial charge in [-0.25, -0.2) is 0 Å². The molecular weight excluding hydrogens is 184 g/mol. The maximum Gasteiger partial charge on any atom is 0.0733 e. The Morgan fingerprint density at radius 1 is 1.50 bits per heavy atom. The van der Waals surface area contributed by atoms with E-state index in [-0.39, 0.29) is 0 Å². The summed E-state index contributed by atoms with van der Waals surface area (Å²) in [4.78, 5) is 0. The van der Waals surface area contributed by atoms with Gasteiger partial charge in [0.2, 0.25) is 0 Å². The van der Waals surface area contributed by atoms with E-state index >= 15 is 0 Å². The van der Waals surface area contributed by atoms with Crippen molar-refractivity contribution in [2.75, 3.05) is 0 Å². The summed E-state index contributed by atoms with van der Waals surface area (Å²) in [7, 11) is 3.43. The van der Waals surface area contributed by atoms with Gasteiger partial charge in [-0.15, -0.1) is 0 Å². The molecule has 0 fully saturated rings. The van der Waals surface area contributed by atoms with E-state index in [1.54, 1.807) is 0 Å². The Kier molecular flexibility index (Phi) is 3.12. The average Bonchev–Trinajstić information content (AvgIpc) is 2.08. The van der Waals surface area contributed by atoms with Gasteiger partial charge in [-0.1, -0.05) is 35.9 Å². The number of hydrogen-bond acceptors (Lipinski definition) is 0. The van der Waals surface area contributed by atoms with Gasteiger partial charge >= 0.3 is 0 Å². The molecule has 3 radical (unpaired) electrons. The summed E-state index contributed by atoms with van der Waals surface area (Å²) in [6, 6.07) is 5.93. The standard InChI is InChI=1S/C10H10ClSi/c1-3-7(2)8-5-4-6-9(12)10(8)11/h3-6H,1-2H3. The van der Waals surface area contributed by atoms with Crippen molar-refractivity contribution in [2.24, 2.45) is 0 Å². The molecule has 0 atom stereocenters. The Morgan fingerprint density at radius 2 is 2.17 bits per heavy atom. The maximum atomic E-state index is 6.08. The second-order valence-electron chi connectivity index (χ2n) is 2.64. The van der Waals surface area contributed by atoms with E-state index in [1.807, 2.05) is 38.1 Å². The van der Waals surface area contributed by atoms with Gasteiger partial charge < -0.3 is 0 Å². The van der Waals surface area contributed by atoms with Crippen LogP contribution in [0, 0.1) is 0 Å². The molecule has 61 valence electrons. The molecule has 0 unspecified atom stereocenters. The number of allylic oxidation sites excluding steroid dienone is 2. The monoisotopic (exact) mass is 193 g/mol. The molecular formula is C10H10ClSi. The largest absolute Gasteiger partial charge is 0.0841 e. The molecule has 0 heterocycles. The summed E-state index contributed by atoms with van der Waals surface area (Å²) in [5.74, 6) is 0. The fourth-order valence-electron chi connectivity index (χ4n) is 0.992. The highest BCUT2D eigenvalue weighted by Gasteiger charge is 2.02. The summed E-state index contributed by atoms with van der Waals surface area (Å²) in [5.41, 5.74) is 2.28. The van der Waals surface area contributed by atoms with Crippen molar-refractivity contribution in [3.8, 4) is 0 Å². The fraction of sp³-hybridized carbons (Fsp3) is 0.200. The van der Waals surface area contributed by atoms with Crippen LogP contribution >= 0.6 is 11.6 Å². The molecule has 0 spiro atoms. The zero-order valence-electron chi connectivity index (χ0n) is 7.19. The second kappa shape index (κ2) is 3.92. The van der Waals surface area contributed by atoms with E-state index in [0.29, 0.717) is 0 Å². The fourth-order valence-corrected chi connectivity index (χ4v) is 1.50. The summed E-state index contributed by atoms with van der Waals surface area (Å²) in [5, 5.41) is 1.72. The molecule has 0 amide bonds. The molecule has 1 rings (SSSR count). The topological polar surface area (TPSA) is 0 Å². The molecule has 0 aliphatic carbocycles. The van der Waals surface area contributed by atoms with Crippen molar-refractivity contribution in [3.05, 3.63) is 34.9 Å². The van der Waals surface area contributed by atoms with Crippen molar-refractivity contribution >= 4 is 32.6 Å². The number of benzene rings is 1. The van der Waals surface area contributed by atoms with Gasteiger partial charge in [0.15, 0.2) is 0 Å². The third-order valence-corrected chi connectivity index (χ3v) is 2.84. The number of halogens is 1. The molecule has 0 N–H and O–H groups in total. The van der Waals surface area contributed by atoms with Gasteiger partial charge in [0.25, 0.3) is 0 Å². The third kappa shape index (κ3) is 1.79. The zero-order valence-corrected chi connectivity index (χ0v) is 8.94. The van der Waals surface area contributed by atoms with Crippen LogP contribution in [-0.4, -0.2) is 10.2 Å². The van der Waals surface area contributed by atoms with Crippen molar-refractivity contribution in [1.82, 2.24) is 0 Å². The molecule has 0 nitrogen and oxygen atoms in total. The van der Waals surface area contributed by atoms with Crippen LogP contribution in [-0.2, 0) is 0 Å². The molecule has 1 aromatic carbocycles. The van der Waals surface area contributed by atoms with Gasteiger partial charge in [-0.2, -0.15) is 0 Å². The normalized spacial score (nSPS) is 11.8. The molecule has 0 saturated heterocycles. The first-order valence-electron chi connectivity index (χ1n) is 3.80. The van der Waals surface area contributed by atoms with E-state index in [2.05, 4.69) is 10.2 Å². The van der Waals surface area contributed by atoms with Crippen LogP contribution in [0.15, 0.2) is 24.3 Å². The van der Waals surface area contributed by atoms with E-state index in [1.165, 1.54) is 5.57 Å². The van der Waals surface area contributed by atoms with E-state index in [9.17, 15) is 0 Å². The first kappa shape index (κ1) is 9.55. The van der Waals surface area contributed by atoms with Crippen LogP contribution < -0.4 is 5.19 Å². The quantitative estimate of drug-likeness (QED) is 0.602. The van der Waals surface area contributed by atoms with Crippen LogP contribution in [0.3, 0.4) is 0 Å². The molecule has 0 aromatic heterocycles. The molecule has 0 aliphatic heterocycles. The highest BCUT2D eigenvalue weighted by atomic mass is 35.5. The predicted octanol–water partition coefficient (Wildman–Crippen LogP) is 2.56. The maximum absolute atomic E-state index is 6.08. The Labute approximate surface area is 81.7 Å². The summed E-state index contributed by atoms with van der Waals surface area (Å²) >= 11 is 6.08. The Balaban J connectivity index is 3.26. The molecule has 0 saturated carbocycles. The number of hydrogen-bond donors (Lipinski definition) is 0. The van der Waals surface area contributed by atoms with Gasteiger partial charge in [0, 0.05) is 5.02 Å². The third-order valence-electron chi connectivity index (χ3n) is 1.86. The van der Waals surface area contributed by atoms with Crippen LogP contribution in [0.2, 0.25) is 5.02 Å². The van der Waals surface area contributed by atoms with Crippen molar-refractivity contribution in [1.29, 1.82) is 0 Å². The summed E-state index contributed by atoms with van der Waals surface area (Å²) in [6.45, 7) is 4.05. The average molecular weight is 194 g/mol. The van der Waals surface area contributed by atoms with Crippen molar-refractivity contribution in [2.45, 2.75) is 13.8 Å². The second-order valence-corrected chi connectivity index (χ2v) is 3.56. The van der Waals surface area contributed by atoms with Crippen LogP contribution in [0.1, 0.15) is 19.4 Å². The molecule has 2 heteroatoms. The van der Waals surface area contributed by atoms with E-state index in [0.717, 1.165) is 15.8 Å². The van der Waals surface area contributed by atoms with E-state index in [4.69, 9.17) is 11.6 Å². The van der Waals surface area contributed by atoms with Crippen LogP contribution in [0.25, 0.3) is 5.57 Å². The van der Waals surface area contributed by atoms with E-state index < -0.39 is 0 Å². The van der Waals surface area contributed by atoms with Crippen LogP contribution in [0.5, 0.6) is 0 Å². The summed E-state index contributed by atoms with van der Waals surface area (Å²) in [6.07, 6.45) is 2.05. The Hall–Kier alpha value is -0.533. The van der Waals surface area contributed by atoms with Gasteiger partial charge in [0.05, 0.1) is 10.2 Å². The Bertz CT molecular complexity index is 316. The van der Waals surface area contributed by atoms with Gasteiger partial charge in [-0.05, 0) is 30.2 Å². The molecule has 12 heavy (non-hydrogen) atoms. The lowest BCUT2D eigenvalue weighted by atomic mass is 10.1. The van der Waals surface area contributed by atoms with Crippen LogP contribution in [0.4, 0.5) is 0 Å². The lowest BCUT2D eigenvalue weighted by Gasteiger charge is -2.05. The first-order valence-corrected chi connectivity index (χ1v) is 4.68. The zero-order chi connectivity index (χ0) is 9.14. The summed E-state index contributed by atoms with van der Waals surface area (Å²) < 4.78 is 0. The van der Waals surface area contributed by atoms with Gasteiger partial charge in [0.1, 0.15) is 0 Å². The van der Waals surface area contributed by atoms with Gasteiger partial charge in [-0.3, -0.25) is 0 Å². The smallest absolute Gasteiger partial charge is 0.0733 e. The molecule has 0 aliphatic rings. The molecule has 0 bridgehead atoms.